The molecule has 0 aliphatic heterocycles. The molecule has 5 nitrogen and oxygen atoms in total. The molecule has 0 unspecified atom stereocenters. The van der Waals surface area contributed by atoms with E-state index in [1.165, 1.54) is 18.4 Å². The molecule has 1 heterocycles. The zero-order valence-corrected chi connectivity index (χ0v) is 14.7. The van der Waals surface area contributed by atoms with Gasteiger partial charge in [0.2, 0.25) is 0 Å². The lowest BCUT2D eigenvalue weighted by molar-refractivity contribution is 0.0949. The van der Waals surface area contributed by atoms with Crippen LogP contribution < -0.4 is 10.6 Å². The van der Waals surface area contributed by atoms with Gasteiger partial charge in [-0.3, -0.25) is 4.79 Å². The monoisotopic (exact) mass is 346 g/mol. The molecule has 2 N–H and O–H groups in total. The Morgan fingerprint density at radius 3 is 2.81 bits per heavy atom. The van der Waals surface area contributed by atoms with Crippen molar-refractivity contribution in [1.82, 2.24) is 10.3 Å². The molecule has 1 aromatic carbocycles. The summed E-state index contributed by atoms with van der Waals surface area (Å²) in [5, 5.41) is 15.2. The Morgan fingerprint density at radius 2 is 2.08 bits per heavy atom. The molecule has 3 rings (SSSR count). The second kappa shape index (κ2) is 8.82. The highest BCUT2D eigenvalue weighted by Gasteiger charge is 2.09. The lowest BCUT2D eigenvalue weighted by Gasteiger charge is -2.13. The summed E-state index contributed by atoms with van der Waals surface area (Å²) >= 11 is 0. The van der Waals surface area contributed by atoms with E-state index in [1.807, 2.05) is 18.2 Å². The molecule has 0 spiro atoms. The van der Waals surface area contributed by atoms with Crippen LogP contribution in [0.2, 0.25) is 0 Å². The number of benzene rings is 1. The molecular weight excluding hydrogens is 324 g/mol. The molecule has 1 aromatic heterocycles. The highest BCUT2D eigenvalue weighted by molar-refractivity contribution is 5.92. The van der Waals surface area contributed by atoms with E-state index in [9.17, 15) is 4.79 Å². The van der Waals surface area contributed by atoms with Gasteiger partial charge in [0.1, 0.15) is 11.8 Å². The number of carbonyl (C=O) groups is 1. The van der Waals surface area contributed by atoms with E-state index in [0.717, 1.165) is 30.6 Å². The number of amides is 1. The summed E-state index contributed by atoms with van der Waals surface area (Å²) in [6.45, 7) is 0.641. The van der Waals surface area contributed by atoms with Crippen molar-refractivity contribution in [3.8, 4) is 6.07 Å². The Kier molecular flexibility index (Phi) is 6.00. The molecular formula is C21H22N4O. The number of allylic oxidation sites excluding steroid dienone is 1. The Morgan fingerprint density at radius 1 is 1.19 bits per heavy atom. The summed E-state index contributed by atoms with van der Waals surface area (Å²) in [7, 11) is 0. The van der Waals surface area contributed by atoms with Gasteiger partial charge in [-0.1, -0.05) is 23.8 Å². The van der Waals surface area contributed by atoms with Crippen molar-refractivity contribution in [2.45, 2.75) is 32.1 Å². The van der Waals surface area contributed by atoms with Gasteiger partial charge in [-0.15, -0.1) is 0 Å². The average molecular weight is 346 g/mol. The lowest BCUT2D eigenvalue weighted by atomic mass is 9.97. The van der Waals surface area contributed by atoms with Crippen molar-refractivity contribution in [3.05, 3.63) is 65.5 Å². The normalized spacial score (nSPS) is 13.4. The summed E-state index contributed by atoms with van der Waals surface area (Å²) in [5.41, 5.74) is 3.85. The lowest BCUT2D eigenvalue weighted by Crippen LogP contribution is -2.25. The minimum absolute atomic E-state index is 0.162. The molecule has 0 bridgehead atoms. The number of nitrogens with zero attached hydrogens (tertiary/aromatic N) is 2. The third-order valence-electron chi connectivity index (χ3n) is 4.44. The standard InChI is InChI=1S/C21H22N4O/c22-14-17-8-4-5-9-19(17)25-18-10-11-20(24-15-18)21(26)23-13-12-16-6-2-1-3-7-16/h4-6,8-11,15,25H,1-3,7,12-13H2,(H,23,26). The van der Waals surface area contributed by atoms with Crippen LogP contribution in [0.4, 0.5) is 11.4 Å². The van der Waals surface area contributed by atoms with Crippen LogP contribution in [0.25, 0.3) is 0 Å². The minimum Gasteiger partial charge on any atom is -0.353 e. The van der Waals surface area contributed by atoms with Gasteiger partial charge in [-0.2, -0.15) is 5.26 Å². The van der Waals surface area contributed by atoms with Gasteiger partial charge < -0.3 is 10.6 Å². The average Bonchev–Trinajstić information content (AvgIpc) is 2.70. The van der Waals surface area contributed by atoms with Crippen molar-refractivity contribution in [2.24, 2.45) is 0 Å². The van der Waals surface area contributed by atoms with Crippen molar-refractivity contribution in [2.75, 3.05) is 11.9 Å². The van der Waals surface area contributed by atoms with Crippen LogP contribution in [0.3, 0.4) is 0 Å². The zero-order valence-electron chi connectivity index (χ0n) is 14.7. The molecule has 0 radical (unpaired) electrons. The van der Waals surface area contributed by atoms with E-state index in [0.29, 0.717) is 17.8 Å². The molecule has 1 aliphatic carbocycles. The molecule has 0 saturated heterocycles. The fraction of sp³-hybridized carbons (Fsp3) is 0.286. The Labute approximate surface area is 153 Å². The predicted molar refractivity (Wildman–Crippen MR) is 102 cm³/mol. The summed E-state index contributed by atoms with van der Waals surface area (Å²) in [5.74, 6) is -0.162. The summed E-state index contributed by atoms with van der Waals surface area (Å²) in [6.07, 6.45) is 9.66. The topological polar surface area (TPSA) is 77.8 Å². The number of hydrogen-bond acceptors (Lipinski definition) is 4. The van der Waals surface area contributed by atoms with Gasteiger partial charge in [0.15, 0.2) is 0 Å². The van der Waals surface area contributed by atoms with Gasteiger partial charge in [0.25, 0.3) is 5.91 Å². The van der Waals surface area contributed by atoms with Gasteiger partial charge >= 0.3 is 0 Å². The van der Waals surface area contributed by atoms with Crippen LogP contribution >= 0.6 is 0 Å². The van der Waals surface area contributed by atoms with Crippen molar-refractivity contribution >= 4 is 17.3 Å². The molecule has 1 amide bonds. The molecule has 0 fully saturated rings. The van der Waals surface area contributed by atoms with E-state index >= 15 is 0 Å². The van der Waals surface area contributed by atoms with Crippen LogP contribution in [0, 0.1) is 11.3 Å². The number of hydrogen-bond donors (Lipinski definition) is 2. The van der Waals surface area contributed by atoms with Crippen molar-refractivity contribution in [1.29, 1.82) is 5.26 Å². The number of aromatic nitrogens is 1. The third kappa shape index (κ3) is 4.70. The molecule has 2 aromatic rings. The van der Waals surface area contributed by atoms with Crippen LogP contribution in [-0.4, -0.2) is 17.4 Å². The zero-order chi connectivity index (χ0) is 18.2. The molecule has 0 saturated carbocycles. The fourth-order valence-corrected chi connectivity index (χ4v) is 3.01. The van der Waals surface area contributed by atoms with E-state index in [2.05, 4.69) is 27.8 Å². The van der Waals surface area contributed by atoms with E-state index in [4.69, 9.17) is 5.26 Å². The number of anilines is 2. The maximum Gasteiger partial charge on any atom is 0.269 e. The predicted octanol–water partition coefficient (Wildman–Crippen LogP) is 4.32. The molecule has 5 heteroatoms. The van der Waals surface area contributed by atoms with E-state index in [-0.39, 0.29) is 5.91 Å². The third-order valence-corrected chi connectivity index (χ3v) is 4.44. The number of carbonyl (C=O) groups excluding carboxylic acids is 1. The molecule has 1 aliphatic rings. The maximum absolute atomic E-state index is 12.2. The van der Waals surface area contributed by atoms with Crippen LogP contribution in [0.15, 0.2) is 54.2 Å². The van der Waals surface area contributed by atoms with Crippen molar-refractivity contribution < 1.29 is 4.79 Å². The Hall–Kier alpha value is -3.13. The summed E-state index contributed by atoms with van der Waals surface area (Å²) in [4.78, 5) is 16.4. The summed E-state index contributed by atoms with van der Waals surface area (Å²) in [6, 6.07) is 12.9. The number of nitrogens with one attached hydrogen (secondary N) is 2. The SMILES string of the molecule is N#Cc1ccccc1Nc1ccc(C(=O)NCCC2=CCCCC2)nc1. The quantitative estimate of drug-likeness (QED) is 0.764. The first kappa shape index (κ1) is 17.7. The number of pyridine rings is 1. The summed E-state index contributed by atoms with van der Waals surface area (Å²) < 4.78 is 0. The van der Waals surface area contributed by atoms with E-state index < -0.39 is 0 Å². The smallest absolute Gasteiger partial charge is 0.269 e. The first-order valence-corrected chi connectivity index (χ1v) is 8.94. The Bertz CT molecular complexity index is 834. The highest BCUT2D eigenvalue weighted by Crippen LogP contribution is 2.20. The number of para-hydroxylation sites is 1. The highest BCUT2D eigenvalue weighted by atomic mass is 16.1. The van der Waals surface area contributed by atoms with Gasteiger partial charge in [-0.05, 0) is 56.4 Å². The first-order chi connectivity index (χ1) is 12.8. The van der Waals surface area contributed by atoms with E-state index in [1.54, 1.807) is 24.4 Å². The second-order valence-corrected chi connectivity index (χ2v) is 6.33. The van der Waals surface area contributed by atoms with Gasteiger partial charge in [0.05, 0.1) is 23.1 Å². The number of nitriles is 1. The minimum atomic E-state index is -0.162. The maximum atomic E-state index is 12.2. The van der Waals surface area contributed by atoms with Crippen LogP contribution in [0.5, 0.6) is 0 Å². The largest absolute Gasteiger partial charge is 0.353 e. The van der Waals surface area contributed by atoms with Crippen LogP contribution in [-0.2, 0) is 0 Å². The second-order valence-electron chi connectivity index (χ2n) is 6.33. The fourth-order valence-electron chi connectivity index (χ4n) is 3.01. The van der Waals surface area contributed by atoms with Gasteiger partial charge in [-0.25, -0.2) is 4.98 Å². The van der Waals surface area contributed by atoms with Crippen LogP contribution in [0.1, 0.15) is 48.2 Å². The van der Waals surface area contributed by atoms with Gasteiger partial charge in [0, 0.05) is 6.54 Å². The molecule has 26 heavy (non-hydrogen) atoms. The molecule has 132 valence electrons. The molecule has 0 atom stereocenters. The Balaban J connectivity index is 1.54. The first-order valence-electron chi connectivity index (χ1n) is 8.94. The van der Waals surface area contributed by atoms with Crippen molar-refractivity contribution in [3.63, 3.8) is 0 Å². The number of rotatable bonds is 6.